The molecule has 1 aliphatic carbocycles. The minimum Gasteiger partial charge on any atom is -0.493 e. The van der Waals surface area contributed by atoms with Crippen LogP contribution in [0.15, 0.2) is 42.1 Å². The molecule has 1 aliphatic heterocycles. The highest BCUT2D eigenvalue weighted by Crippen LogP contribution is 2.39. The molecule has 0 radical (unpaired) electrons. The Morgan fingerprint density at radius 1 is 0.773 bits per heavy atom. The van der Waals surface area contributed by atoms with Crippen LogP contribution < -0.4 is 23.7 Å². The minimum absolute atomic E-state index is 0.0977. The second-order valence-electron chi connectivity index (χ2n) is 10.9. The van der Waals surface area contributed by atoms with Gasteiger partial charge in [-0.1, -0.05) is 18.2 Å². The van der Waals surface area contributed by atoms with Crippen molar-refractivity contribution in [2.24, 2.45) is 7.05 Å². The maximum atomic E-state index is 13.9. The van der Waals surface area contributed by atoms with E-state index in [4.69, 9.17) is 23.7 Å². The van der Waals surface area contributed by atoms with Crippen molar-refractivity contribution in [1.82, 2.24) is 14.4 Å². The van der Waals surface area contributed by atoms with Gasteiger partial charge in [0.25, 0.3) is 0 Å². The van der Waals surface area contributed by atoms with Crippen LogP contribution in [-0.2, 0) is 13.7 Å². The van der Waals surface area contributed by atoms with Gasteiger partial charge in [0.05, 0.1) is 39.7 Å². The summed E-state index contributed by atoms with van der Waals surface area (Å²) >= 11 is 0. The number of likely N-dealkylation sites (N-methyl/N-ethyl adjacent to an activating group) is 1. The fourth-order valence-electron chi connectivity index (χ4n) is 5.69. The molecular weight excluding hydrogens is 562 g/mol. The van der Waals surface area contributed by atoms with Gasteiger partial charge in [-0.15, -0.1) is 0 Å². The number of fused-ring (bicyclic) bond motifs is 1. The summed E-state index contributed by atoms with van der Waals surface area (Å²) in [6.45, 7) is 5.06. The van der Waals surface area contributed by atoms with Gasteiger partial charge < -0.3 is 38.1 Å². The molecule has 1 saturated heterocycles. The molecule has 0 spiro atoms. The Bertz CT molecular complexity index is 1620. The van der Waals surface area contributed by atoms with Crippen LogP contribution in [0.4, 0.5) is 0 Å². The Hall–Kier alpha value is -4.70. The normalized spacial score (nSPS) is 15.3. The molecule has 10 nitrogen and oxygen atoms in total. The number of ketones is 2. The van der Waals surface area contributed by atoms with Crippen LogP contribution in [-0.4, -0.2) is 87.6 Å². The standard InChI is InChI=1S/C34H39N3O7/c1-21-24(31-32(36(21)3)26(38)19-25(33(31)39)37-14-12-35(2)13-15-37)20-44-28-16-22(10-11-27(28)40-4)8-9-23-17-29(41-5)34(43-7)30(18-23)42-6/h8-11,16-19H,12-15,20H2,1-7H3/b9-8-. The van der Waals surface area contributed by atoms with E-state index in [0.717, 1.165) is 29.9 Å². The van der Waals surface area contributed by atoms with Crippen molar-refractivity contribution in [3.8, 4) is 28.7 Å². The topological polar surface area (TPSA) is 91.7 Å². The summed E-state index contributed by atoms with van der Waals surface area (Å²) in [6.07, 6.45) is 5.37. The predicted molar refractivity (Wildman–Crippen MR) is 168 cm³/mol. The minimum atomic E-state index is -0.165. The quantitative estimate of drug-likeness (QED) is 0.309. The number of rotatable bonds is 10. The molecule has 2 aromatic carbocycles. The lowest BCUT2D eigenvalue weighted by atomic mass is 9.94. The first-order valence-electron chi connectivity index (χ1n) is 14.4. The van der Waals surface area contributed by atoms with Crippen LogP contribution in [0, 0.1) is 6.92 Å². The van der Waals surface area contributed by atoms with E-state index in [9.17, 15) is 9.59 Å². The molecule has 10 heteroatoms. The van der Waals surface area contributed by atoms with Crippen molar-refractivity contribution >= 4 is 23.7 Å². The highest BCUT2D eigenvalue weighted by molar-refractivity contribution is 6.24. The first-order valence-corrected chi connectivity index (χ1v) is 14.4. The van der Waals surface area contributed by atoms with Crippen LogP contribution in [0.3, 0.4) is 0 Å². The molecule has 2 aliphatic rings. The molecule has 3 aromatic rings. The van der Waals surface area contributed by atoms with Crippen molar-refractivity contribution in [3.05, 3.63) is 75.7 Å². The molecule has 5 rings (SSSR count). The molecule has 0 bridgehead atoms. The van der Waals surface area contributed by atoms with Gasteiger partial charge in [0.1, 0.15) is 12.3 Å². The van der Waals surface area contributed by atoms with Crippen molar-refractivity contribution in [1.29, 1.82) is 0 Å². The van der Waals surface area contributed by atoms with Gasteiger partial charge in [-0.2, -0.15) is 0 Å². The fourth-order valence-corrected chi connectivity index (χ4v) is 5.69. The van der Waals surface area contributed by atoms with Crippen LogP contribution in [0.2, 0.25) is 0 Å². The van der Waals surface area contributed by atoms with Gasteiger partial charge in [-0.25, -0.2) is 0 Å². The van der Waals surface area contributed by atoms with Gasteiger partial charge in [0, 0.05) is 50.6 Å². The van der Waals surface area contributed by atoms with Crippen LogP contribution in [0.1, 0.15) is 43.2 Å². The molecule has 0 atom stereocenters. The Kier molecular flexibility index (Phi) is 9.01. The van der Waals surface area contributed by atoms with E-state index in [1.54, 1.807) is 33.0 Å². The summed E-state index contributed by atoms with van der Waals surface area (Å²) in [4.78, 5) is 31.4. The molecule has 1 aromatic heterocycles. The number of piperazine rings is 1. The lowest BCUT2D eigenvalue weighted by molar-refractivity contribution is 0.0921. The number of hydrogen-bond donors (Lipinski definition) is 0. The van der Waals surface area contributed by atoms with Crippen molar-refractivity contribution in [3.63, 3.8) is 0 Å². The zero-order valence-electron chi connectivity index (χ0n) is 26.4. The molecule has 232 valence electrons. The van der Waals surface area contributed by atoms with E-state index in [2.05, 4.69) is 11.9 Å². The van der Waals surface area contributed by atoms with Gasteiger partial charge in [0.2, 0.25) is 17.3 Å². The highest BCUT2D eigenvalue weighted by atomic mass is 16.5. The van der Waals surface area contributed by atoms with Crippen molar-refractivity contribution in [2.45, 2.75) is 13.5 Å². The van der Waals surface area contributed by atoms with Crippen LogP contribution in [0.25, 0.3) is 12.2 Å². The number of ether oxygens (including phenoxy) is 5. The third-order valence-electron chi connectivity index (χ3n) is 8.33. The first kappa shape index (κ1) is 30.7. The third-order valence-corrected chi connectivity index (χ3v) is 8.33. The Labute approximate surface area is 258 Å². The number of aromatic nitrogens is 1. The lowest BCUT2D eigenvalue weighted by Gasteiger charge is -2.35. The van der Waals surface area contributed by atoms with Gasteiger partial charge in [-0.05, 0) is 49.4 Å². The van der Waals surface area contributed by atoms with E-state index in [-0.39, 0.29) is 18.2 Å². The van der Waals surface area contributed by atoms with Gasteiger partial charge in [0.15, 0.2) is 23.0 Å². The van der Waals surface area contributed by atoms with E-state index in [0.29, 0.717) is 64.4 Å². The first-order chi connectivity index (χ1) is 21.2. The Balaban J connectivity index is 1.41. The van der Waals surface area contributed by atoms with Gasteiger partial charge in [-0.3, -0.25) is 9.59 Å². The van der Waals surface area contributed by atoms with Crippen molar-refractivity contribution < 1.29 is 33.3 Å². The molecule has 2 heterocycles. The molecule has 44 heavy (non-hydrogen) atoms. The number of allylic oxidation sites excluding steroid dienone is 2. The fraction of sp³-hybridized carbons (Fsp3) is 0.353. The number of benzene rings is 2. The van der Waals surface area contributed by atoms with Gasteiger partial charge >= 0.3 is 0 Å². The number of carbonyl (C=O) groups is 2. The summed E-state index contributed by atoms with van der Waals surface area (Å²) in [5.74, 6) is 2.41. The molecule has 0 N–H and O–H groups in total. The summed E-state index contributed by atoms with van der Waals surface area (Å²) in [5, 5.41) is 0. The molecular formula is C34H39N3O7. The largest absolute Gasteiger partial charge is 0.493 e. The third kappa shape index (κ3) is 5.77. The number of nitrogens with zero attached hydrogens (tertiary/aromatic N) is 3. The van der Waals surface area contributed by atoms with E-state index in [1.165, 1.54) is 6.08 Å². The molecule has 0 unspecified atom stereocenters. The Morgan fingerprint density at radius 2 is 1.39 bits per heavy atom. The second-order valence-corrected chi connectivity index (χ2v) is 10.9. The summed E-state index contributed by atoms with van der Waals surface area (Å²) < 4.78 is 30.1. The zero-order chi connectivity index (χ0) is 31.5. The maximum Gasteiger partial charge on any atom is 0.211 e. The SMILES string of the molecule is COc1ccc(/C=C\c2cc(OC)c(OC)c(OC)c2)cc1OCc1c2c(n(C)c1C)C(=O)C=C(N1CCN(C)CC1)C2=O. The predicted octanol–water partition coefficient (Wildman–Crippen LogP) is 4.63. The number of methoxy groups -OCH3 is 4. The monoisotopic (exact) mass is 601 g/mol. The summed E-state index contributed by atoms with van der Waals surface area (Å²) in [7, 11) is 10.2. The average molecular weight is 602 g/mol. The van der Waals surface area contributed by atoms with Crippen LogP contribution in [0.5, 0.6) is 28.7 Å². The average Bonchev–Trinajstić information content (AvgIpc) is 3.30. The van der Waals surface area contributed by atoms with Crippen molar-refractivity contribution in [2.75, 3.05) is 61.7 Å². The van der Waals surface area contributed by atoms with E-state index in [1.807, 2.05) is 61.4 Å². The Morgan fingerprint density at radius 3 is 2.00 bits per heavy atom. The van der Waals surface area contributed by atoms with E-state index < -0.39 is 0 Å². The summed E-state index contributed by atoms with van der Waals surface area (Å²) in [5.41, 5.74) is 4.51. The molecule has 0 saturated carbocycles. The smallest absolute Gasteiger partial charge is 0.211 e. The van der Waals surface area contributed by atoms with Crippen LogP contribution >= 0.6 is 0 Å². The molecule has 0 amide bonds. The van der Waals surface area contributed by atoms with E-state index >= 15 is 0 Å². The second kappa shape index (κ2) is 12.9. The summed E-state index contributed by atoms with van der Waals surface area (Å²) in [6, 6.07) is 9.36. The highest BCUT2D eigenvalue weighted by Gasteiger charge is 2.36. The number of carbonyl (C=O) groups excluding carboxylic acids is 2. The number of hydrogen-bond acceptors (Lipinski definition) is 9. The lowest BCUT2D eigenvalue weighted by Crippen LogP contribution is -2.46. The molecule has 1 fully saturated rings. The number of Topliss-reactive ketones (excluding diaryl/α,β-unsaturated/α-hetero) is 1. The maximum absolute atomic E-state index is 13.9. The zero-order valence-corrected chi connectivity index (χ0v) is 26.4.